The van der Waals surface area contributed by atoms with Gasteiger partial charge in [0, 0.05) is 5.69 Å². The van der Waals surface area contributed by atoms with Crippen molar-refractivity contribution < 1.29 is 9.53 Å². The van der Waals surface area contributed by atoms with Crippen LogP contribution in [-0.2, 0) is 4.79 Å². The number of unbranched alkanes of at least 4 members (excludes halogenated alkanes) is 2. The van der Waals surface area contributed by atoms with E-state index in [-0.39, 0.29) is 12.0 Å². The number of fused-ring (bicyclic) bond motifs is 1. The summed E-state index contributed by atoms with van der Waals surface area (Å²) in [6.45, 7) is 2.14. The quantitative estimate of drug-likeness (QED) is 0.621. The van der Waals surface area contributed by atoms with E-state index in [1.807, 2.05) is 0 Å². The van der Waals surface area contributed by atoms with Crippen molar-refractivity contribution in [2.45, 2.75) is 38.7 Å². The van der Waals surface area contributed by atoms with E-state index in [0.29, 0.717) is 17.1 Å². The Kier molecular flexibility index (Phi) is 3.52. The minimum absolute atomic E-state index is 0.0702. The van der Waals surface area contributed by atoms with Crippen molar-refractivity contribution in [3.8, 4) is 5.75 Å². The zero-order valence-corrected chi connectivity index (χ0v) is 10.0. The van der Waals surface area contributed by atoms with Gasteiger partial charge in [0.05, 0.1) is 5.69 Å². The highest BCUT2D eigenvalue weighted by Crippen LogP contribution is 2.32. The number of nitrogen functional groups attached to an aromatic ring is 1. The average Bonchev–Trinajstić information content (AvgIpc) is 2.30. The Morgan fingerprint density at radius 3 is 3.00 bits per heavy atom. The van der Waals surface area contributed by atoms with Crippen LogP contribution in [0, 0.1) is 0 Å². The molecule has 1 amide bonds. The van der Waals surface area contributed by atoms with Gasteiger partial charge in [0.15, 0.2) is 6.10 Å². The second-order valence-electron chi connectivity index (χ2n) is 4.35. The molecule has 4 nitrogen and oxygen atoms in total. The molecule has 1 unspecified atom stereocenters. The molecule has 0 saturated heterocycles. The Morgan fingerprint density at radius 1 is 1.41 bits per heavy atom. The molecule has 2 rings (SSSR count). The van der Waals surface area contributed by atoms with Crippen molar-refractivity contribution in [2.75, 3.05) is 11.1 Å². The van der Waals surface area contributed by atoms with E-state index in [2.05, 4.69) is 12.2 Å². The summed E-state index contributed by atoms with van der Waals surface area (Å²) < 4.78 is 5.68. The highest BCUT2D eigenvalue weighted by Gasteiger charge is 2.26. The first kappa shape index (κ1) is 11.8. The molecule has 0 aromatic heterocycles. The average molecular weight is 234 g/mol. The van der Waals surface area contributed by atoms with Crippen LogP contribution in [0.1, 0.15) is 32.6 Å². The summed E-state index contributed by atoms with van der Waals surface area (Å²) in [5, 5.41) is 2.83. The molecule has 4 heteroatoms. The zero-order chi connectivity index (χ0) is 12.3. The summed E-state index contributed by atoms with van der Waals surface area (Å²) in [5.41, 5.74) is 6.94. The van der Waals surface area contributed by atoms with Crippen molar-refractivity contribution in [3.63, 3.8) is 0 Å². The Hall–Kier alpha value is -1.71. The molecule has 0 saturated carbocycles. The van der Waals surface area contributed by atoms with E-state index < -0.39 is 0 Å². The molecular formula is C13H18N2O2. The van der Waals surface area contributed by atoms with Crippen molar-refractivity contribution in [3.05, 3.63) is 18.2 Å². The number of benzene rings is 1. The third-order valence-electron chi connectivity index (χ3n) is 2.89. The molecule has 1 aromatic carbocycles. The second-order valence-corrected chi connectivity index (χ2v) is 4.35. The van der Waals surface area contributed by atoms with E-state index in [1.54, 1.807) is 18.2 Å². The Labute approximate surface area is 101 Å². The number of amides is 1. The van der Waals surface area contributed by atoms with Crippen LogP contribution in [0.15, 0.2) is 18.2 Å². The smallest absolute Gasteiger partial charge is 0.265 e. The Bertz CT molecular complexity index is 418. The van der Waals surface area contributed by atoms with Crippen molar-refractivity contribution >= 4 is 17.3 Å². The van der Waals surface area contributed by atoms with Gasteiger partial charge in [-0.25, -0.2) is 0 Å². The largest absolute Gasteiger partial charge is 0.478 e. The first-order valence-corrected chi connectivity index (χ1v) is 6.07. The van der Waals surface area contributed by atoms with Crippen LogP contribution >= 0.6 is 0 Å². The van der Waals surface area contributed by atoms with Crippen LogP contribution in [0.3, 0.4) is 0 Å². The van der Waals surface area contributed by atoms with Gasteiger partial charge in [-0.05, 0) is 31.0 Å². The molecular weight excluding hydrogens is 216 g/mol. The number of nitrogens with one attached hydrogen (secondary N) is 1. The number of nitrogens with two attached hydrogens (primary N) is 1. The lowest BCUT2D eigenvalue weighted by Gasteiger charge is -2.26. The lowest BCUT2D eigenvalue weighted by atomic mass is 10.1. The third-order valence-corrected chi connectivity index (χ3v) is 2.89. The normalized spacial score (nSPS) is 18.2. The predicted octanol–water partition coefficient (Wildman–Crippen LogP) is 2.55. The van der Waals surface area contributed by atoms with Gasteiger partial charge in [-0.1, -0.05) is 19.8 Å². The zero-order valence-electron chi connectivity index (χ0n) is 10.0. The molecule has 1 aromatic rings. The standard InChI is InChI=1S/C13H18N2O2/c1-2-3-4-5-12-13(16)15-10-8-9(14)6-7-11(10)17-12/h6-8,12H,2-5,14H2,1H3,(H,15,16). The molecule has 0 spiro atoms. The minimum Gasteiger partial charge on any atom is -0.478 e. The highest BCUT2D eigenvalue weighted by molar-refractivity contribution is 5.98. The Balaban J connectivity index is 2.05. The lowest BCUT2D eigenvalue weighted by molar-refractivity contribution is -0.123. The fourth-order valence-electron chi connectivity index (χ4n) is 1.94. The third kappa shape index (κ3) is 2.70. The molecule has 0 bridgehead atoms. The summed E-state index contributed by atoms with van der Waals surface area (Å²) in [4.78, 5) is 11.8. The van der Waals surface area contributed by atoms with Crippen molar-refractivity contribution in [1.29, 1.82) is 0 Å². The van der Waals surface area contributed by atoms with Crippen LogP contribution in [0.5, 0.6) is 5.75 Å². The van der Waals surface area contributed by atoms with Gasteiger partial charge in [-0.3, -0.25) is 4.79 Å². The second kappa shape index (κ2) is 5.08. The van der Waals surface area contributed by atoms with Gasteiger partial charge >= 0.3 is 0 Å². The fraction of sp³-hybridized carbons (Fsp3) is 0.462. The number of rotatable bonds is 4. The summed E-state index contributed by atoms with van der Waals surface area (Å²) in [7, 11) is 0. The maximum Gasteiger partial charge on any atom is 0.265 e. The van der Waals surface area contributed by atoms with Gasteiger partial charge in [0.25, 0.3) is 5.91 Å². The van der Waals surface area contributed by atoms with Gasteiger partial charge in [0.2, 0.25) is 0 Å². The molecule has 1 heterocycles. The van der Waals surface area contributed by atoms with Gasteiger partial charge < -0.3 is 15.8 Å². The van der Waals surface area contributed by atoms with Crippen LogP contribution < -0.4 is 15.8 Å². The summed E-state index contributed by atoms with van der Waals surface area (Å²) in [6.07, 6.45) is 3.68. The molecule has 17 heavy (non-hydrogen) atoms. The maximum absolute atomic E-state index is 11.8. The molecule has 3 N–H and O–H groups in total. The molecule has 1 aliphatic heterocycles. The van der Waals surface area contributed by atoms with Crippen LogP contribution in [0.2, 0.25) is 0 Å². The molecule has 1 atom stereocenters. The van der Waals surface area contributed by atoms with Crippen LogP contribution in [0.25, 0.3) is 0 Å². The fourth-order valence-corrected chi connectivity index (χ4v) is 1.94. The van der Waals surface area contributed by atoms with Crippen LogP contribution in [0.4, 0.5) is 11.4 Å². The lowest BCUT2D eigenvalue weighted by Crippen LogP contribution is -2.36. The first-order chi connectivity index (χ1) is 8.20. The first-order valence-electron chi connectivity index (χ1n) is 6.07. The monoisotopic (exact) mass is 234 g/mol. The topological polar surface area (TPSA) is 64.3 Å². The summed E-state index contributed by atoms with van der Waals surface area (Å²) in [6, 6.07) is 5.30. The van der Waals surface area contributed by atoms with E-state index in [4.69, 9.17) is 10.5 Å². The van der Waals surface area contributed by atoms with E-state index in [1.165, 1.54) is 0 Å². The predicted molar refractivity (Wildman–Crippen MR) is 68.0 cm³/mol. The molecule has 92 valence electrons. The van der Waals surface area contributed by atoms with Gasteiger partial charge in [-0.15, -0.1) is 0 Å². The van der Waals surface area contributed by atoms with Gasteiger partial charge in [0.1, 0.15) is 5.75 Å². The van der Waals surface area contributed by atoms with E-state index in [0.717, 1.165) is 25.7 Å². The summed E-state index contributed by atoms with van der Waals surface area (Å²) in [5.74, 6) is 0.638. The number of ether oxygens (including phenoxy) is 1. The van der Waals surface area contributed by atoms with Gasteiger partial charge in [-0.2, -0.15) is 0 Å². The van der Waals surface area contributed by atoms with E-state index >= 15 is 0 Å². The SMILES string of the molecule is CCCCCC1Oc2ccc(N)cc2NC1=O. The maximum atomic E-state index is 11.8. The number of hydrogen-bond donors (Lipinski definition) is 2. The number of hydrogen-bond acceptors (Lipinski definition) is 3. The highest BCUT2D eigenvalue weighted by atomic mass is 16.5. The van der Waals surface area contributed by atoms with Crippen LogP contribution in [-0.4, -0.2) is 12.0 Å². The van der Waals surface area contributed by atoms with E-state index in [9.17, 15) is 4.79 Å². The minimum atomic E-state index is -0.363. The molecule has 0 aliphatic carbocycles. The van der Waals surface area contributed by atoms with Crippen molar-refractivity contribution in [1.82, 2.24) is 0 Å². The number of carbonyl (C=O) groups excluding carboxylic acids is 1. The molecule has 0 radical (unpaired) electrons. The summed E-state index contributed by atoms with van der Waals surface area (Å²) >= 11 is 0. The van der Waals surface area contributed by atoms with Crippen molar-refractivity contribution in [2.24, 2.45) is 0 Å². The molecule has 1 aliphatic rings. The number of anilines is 2. The molecule has 0 fully saturated rings. The Morgan fingerprint density at radius 2 is 2.24 bits per heavy atom. The number of carbonyl (C=O) groups is 1.